The van der Waals surface area contributed by atoms with E-state index >= 15 is 0 Å². The maximum atomic E-state index is 10.8. The number of aliphatic imine (C=N–C) groups is 1. The topological polar surface area (TPSA) is 84.1 Å². The first-order chi connectivity index (χ1) is 21.5. The summed E-state index contributed by atoms with van der Waals surface area (Å²) < 4.78 is 43.0. The fraction of sp³-hybridized carbons (Fsp3) is 0.457. The minimum atomic E-state index is -3.96. The number of piperidine rings is 1. The minimum absolute atomic E-state index is 0.493. The Hall–Kier alpha value is -3.94. The molecule has 4 N–H and O–H groups in total. The highest BCUT2D eigenvalue weighted by atomic mass is 19.4. The molecule has 45 heavy (non-hydrogen) atoms. The summed E-state index contributed by atoms with van der Waals surface area (Å²) in [5.74, 6) is 7.26. The largest absolute Gasteiger partial charge is 0.495 e. The number of hydrogen-bond donors (Lipinski definition) is 3. The molecular weight excluding hydrogens is 579 g/mol. The van der Waals surface area contributed by atoms with Crippen LogP contribution in [0.15, 0.2) is 53.2 Å². The van der Waals surface area contributed by atoms with Crippen molar-refractivity contribution in [3.63, 3.8) is 0 Å². The summed E-state index contributed by atoms with van der Waals surface area (Å²) in [6.07, 6.45) is 3.12. The molecule has 246 valence electrons. The van der Waals surface area contributed by atoms with Crippen LogP contribution in [0, 0.1) is 18.8 Å². The van der Waals surface area contributed by atoms with Crippen LogP contribution in [0.4, 0.5) is 24.5 Å². The van der Waals surface area contributed by atoms with Crippen molar-refractivity contribution in [3.05, 3.63) is 64.9 Å². The number of aryl methyl sites for hydroxylation is 1. The zero-order chi connectivity index (χ0) is 33.2. The molecule has 0 spiro atoms. The third-order valence-electron chi connectivity index (χ3n) is 7.19. The maximum absolute atomic E-state index is 10.8. The van der Waals surface area contributed by atoms with Crippen LogP contribution in [0.1, 0.15) is 49.8 Å². The van der Waals surface area contributed by atoms with Crippen molar-refractivity contribution in [1.82, 2.24) is 4.90 Å². The lowest BCUT2D eigenvalue weighted by molar-refractivity contribution is -0.130. The quantitative estimate of drug-likeness (QED) is 0.141. The van der Waals surface area contributed by atoms with E-state index in [1.807, 2.05) is 18.2 Å². The van der Waals surface area contributed by atoms with E-state index in [4.69, 9.17) is 15.2 Å². The number of ether oxygens (including phenoxy) is 2. The Morgan fingerprint density at radius 2 is 1.87 bits per heavy atom. The first-order valence-corrected chi connectivity index (χ1v) is 15.1. The molecule has 0 bridgehead atoms. The molecule has 2 aromatic rings. The van der Waals surface area contributed by atoms with Crippen LogP contribution in [-0.2, 0) is 4.74 Å². The molecule has 0 unspecified atom stereocenters. The second kappa shape index (κ2) is 19.4. The van der Waals surface area contributed by atoms with Crippen LogP contribution in [0.2, 0.25) is 0 Å². The fourth-order valence-corrected chi connectivity index (χ4v) is 4.48. The lowest BCUT2D eigenvalue weighted by Crippen LogP contribution is -2.36. The van der Waals surface area contributed by atoms with Crippen molar-refractivity contribution in [2.45, 2.75) is 52.3 Å². The molecule has 10 heteroatoms. The Balaban J connectivity index is 0.00000107. The maximum Gasteiger partial charge on any atom is 0.388 e. The van der Waals surface area contributed by atoms with Crippen LogP contribution in [0.25, 0.3) is 11.6 Å². The molecule has 1 aliphatic rings. The molecule has 0 saturated carbocycles. The van der Waals surface area contributed by atoms with Crippen molar-refractivity contribution in [3.8, 4) is 17.6 Å². The predicted octanol–water partition coefficient (Wildman–Crippen LogP) is 7.00. The van der Waals surface area contributed by atoms with E-state index in [2.05, 4.69) is 77.5 Å². The van der Waals surface area contributed by atoms with Crippen LogP contribution in [0.3, 0.4) is 0 Å². The number of rotatable bonds is 11. The van der Waals surface area contributed by atoms with E-state index in [9.17, 15) is 13.2 Å². The number of nitrogens with two attached hydrogens (primary N) is 1. The SMILES string of the molecule is CCC(F)(F)F.COCCN=C/C(=C\N)c1ccc(NCC#C/C(C)=C/c2c(C)cccc2NC2CCN(C)CC2)c(OC)c1. The summed E-state index contributed by atoms with van der Waals surface area (Å²) in [5.41, 5.74) is 13.1. The van der Waals surface area contributed by atoms with E-state index in [0.717, 1.165) is 61.0 Å². The van der Waals surface area contributed by atoms with Gasteiger partial charge in [0, 0.05) is 48.8 Å². The number of nitrogens with one attached hydrogen (secondary N) is 2. The third-order valence-corrected chi connectivity index (χ3v) is 7.19. The second-order valence-corrected chi connectivity index (χ2v) is 10.8. The summed E-state index contributed by atoms with van der Waals surface area (Å²) in [6.45, 7) is 9.20. The fourth-order valence-electron chi connectivity index (χ4n) is 4.48. The standard InChI is InChI=1S/C32H43N5O2.C3H5F3/c1-24(20-29-25(2)9-6-10-30(29)36-28-13-17-37(3)18-14-28)8-7-15-35-31-12-11-26(21-32(31)39-5)27(22-33)23-34-16-19-38-4;1-2-3(4,5)6/h6,9-12,20-23,28,35-36H,13-19,33H2,1-5H3;2H2,1H3/b24-20+,27-22+,34-23?;. The van der Waals surface area contributed by atoms with Crippen molar-refractivity contribution < 1.29 is 22.6 Å². The smallest absolute Gasteiger partial charge is 0.388 e. The van der Waals surface area contributed by atoms with Crippen molar-refractivity contribution in [1.29, 1.82) is 0 Å². The number of anilines is 2. The Bertz CT molecular complexity index is 1350. The van der Waals surface area contributed by atoms with Gasteiger partial charge in [-0.15, -0.1) is 0 Å². The van der Waals surface area contributed by atoms with Crippen molar-refractivity contribution in [2.75, 3.05) is 64.7 Å². The number of likely N-dealkylation sites (tertiary alicyclic amines) is 1. The molecule has 1 fully saturated rings. The molecule has 0 atom stereocenters. The summed E-state index contributed by atoms with van der Waals surface area (Å²) >= 11 is 0. The second-order valence-electron chi connectivity index (χ2n) is 10.8. The van der Waals surface area contributed by atoms with Gasteiger partial charge >= 0.3 is 6.18 Å². The van der Waals surface area contributed by atoms with Gasteiger partial charge in [-0.2, -0.15) is 13.2 Å². The molecule has 1 saturated heterocycles. The Labute approximate surface area is 266 Å². The lowest BCUT2D eigenvalue weighted by atomic mass is 10.0. The molecule has 2 aromatic carbocycles. The summed E-state index contributed by atoms with van der Waals surface area (Å²) in [7, 11) is 5.50. The van der Waals surface area contributed by atoms with Gasteiger partial charge in [0.05, 0.1) is 32.5 Å². The molecule has 0 radical (unpaired) electrons. The molecule has 1 heterocycles. The van der Waals surface area contributed by atoms with Crippen LogP contribution >= 0.6 is 0 Å². The van der Waals surface area contributed by atoms with E-state index < -0.39 is 12.6 Å². The van der Waals surface area contributed by atoms with Crippen molar-refractivity contribution in [2.24, 2.45) is 10.7 Å². The normalized spacial score (nSPS) is 14.8. The number of benzene rings is 2. The number of halogens is 3. The summed E-state index contributed by atoms with van der Waals surface area (Å²) in [4.78, 5) is 6.74. The number of alkyl halides is 3. The van der Waals surface area contributed by atoms with Gasteiger partial charge < -0.3 is 30.7 Å². The average molecular weight is 628 g/mol. The van der Waals surface area contributed by atoms with Gasteiger partial charge in [-0.25, -0.2) is 0 Å². The predicted molar refractivity (Wildman–Crippen MR) is 182 cm³/mol. The van der Waals surface area contributed by atoms with Gasteiger partial charge in [-0.05, 0) is 87.8 Å². The molecule has 0 aliphatic carbocycles. The molecule has 0 aromatic heterocycles. The number of nitrogens with zero attached hydrogens (tertiary/aromatic N) is 2. The first-order valence-electron chi connectivity index (χ1n) is 15.1. The van der Waals surface area contributed by atoms with Crippen LogP contribution < -0.4 is 21.1 Å². The molecule has 3 rings (SSSR count). The zero-order valence-electron chi connectivity index (χ0n) is 27.4. The van der Waals surface area contributed by atoms with E-state index in [-0.39, 0.29) is 0 Å². The highest BCUT2D eigenvalue weighted by Gasteiger charge is 2.22. The number of hydrogen-bond acceptors (Lipinski definition) is 7. The lowest BCUT2D eigenvalue weighted by Gasteiger charge is -2.30. The molecule has 7 nitrogen and oxygen atoms in total. The third kappa shape index (κ3) is 13.7. The van der Waals surface area contributed by atoms with E-state index in [1.54, 1.807) is 26.6 Å². The molecular formula is C35H48F3N5O2. The van der Waals surface area contributed by atoms with Gasteiger partial charge in [0.15, 0.2) is 0 Å². The minimum Gasteiger partial charge on any atom is -0.495 e. The summed E-state index contributed by atoms with van der Waals surface area (Å²) in [6, 6.07) is 12.9. The molecule has 0 amide bonds. The Morgan fingerprint density at radius 1 is 1.16 bits per heavy atom. The van der Waals surface area contributed by atoms with Crippen LogP contribution in [0.5, 0.6) is 5.75 Å². The van der Waals surface area contributed by atoms with Crippen molar-refractivity contribution >= 4 is 29.2 Å². The van der Waals surface area contributed by atoms with Gasteiger partial charge in [0.2, 0.25) is 0 Å². The Kier molecular flexibility index (Phi) is 16.1. The highest BCUT2D eigenvalue weighted by Crippen LogP contribution is 2.28. The van der Waals surface area contributed by atoms with Crippen LogP contribution in [-0.4, -0.2) is 77.4 Å². The van der Waals surface area contributed by atoms with Gasteiger partial charge in [0.25, 0.3) is 0 Å². The number of methoxy groups -OCH3 is 2. The number of allylic oxidation sites excluding steroid dienone is 2. The van der Waals surface area contributed by atoms with Gasteiger partial charge in [-0.3, -0.25) is 4.99 Å². The van der Waals surface area contributed by atoms with Gasteiger partial charge in [-0.1, -0.05) is 37.0 Å². The molecule has 1 aliphatic heterocycles. The monoisotopic (exact) mass is 627 g/mol. The first kappa shape index (κ1) is 37.2. The highest BCUT2D eigenvalue weighted by molar-refractivity contribution is 6.09. The zero-order valence-corrected chi connectivity index (χ0v) is 27.4. The average Bonchev–Trinajstić information content (AvgIpc) is 3.02. The van der Waals surface area contributed by atoms with Gasteiger partial charge in [0.1, 0.15) is 5.75 Å². The van der Waals surface area contributed by atoms with E-state index in [0.29, 0.717) is 25.7 Å². The summed E-state index contributed by atoms with van der Waals surface area (Å²) in [5, 5.41) is 7.14. The Morgan fingerprint density at radius 3 is 2.49 bits per heavy atom. The van der Waals surface area contributed by atoms with E-state index in [1.165, 1.54) is 16.8 Å².